The van der Waals surface area contributed by atoms with Crippen molar-refractivity contribution >= 4 is 17.6 Å². The number of nitrogen functional groups attached to an aromatic ring is 1. The molecule has 15 heavy (non-hydrogen) atoms. The Morgan fingerprint density at radius 2 is 2.33 bits per heavy atom. The number of aromatic nitrogens is 2. The molecule has 4 nitrogen and oxygen atoms in total. The van der Waals surface area contributed by atoms with E-state index in [0.29, 0.717) is 17.3 Å². The van der Waals surface area contributed by atoms with Crippen LogP contribution in [0.5, 0.6) is 0 Å². The number of thioether (sulfide) groups is 1. The fourth-order valence-electron chi connectivity index (χ4n) is 0.975. The van der Waals surface area contributed by atoms with Crippen LogP contribution in [0.4, 0.5) is 5.82 Å². The lowest BCUT2D eigenvalue weighted by molar-refractivity contribution is 0.750. The van der Waals surface area contributed by atoms with E-state index in [1.54, 1.807) is 11.8 Å². The highest BCUT2D eigenvalue weighted by Gasteiger charge is 2.03. The summed E-state index contributed by atoms with van der Waals surface area (Å²) in [5.41, 5.74) is 5.92. The number of hydrogen-bond donors (Lipinski definition) is 1. The molecule has 5 heteroatoms. The minimum atomic E-state index is 0.271. The Morgan fingerprint density at radius 1 is 1.60 bits per heavy atom. The molecule has 0 bridgehead atoms. The molecule has 2 N–H and O–H groups in total. The number of nitriles is 1. The maximum atomic E-state index is 8.64. The molecule has 0 aromatic carbocycles. The van der Waals surface area contributed by atoms with E-state index < -0.39 is 0 Å². The molecule has 0 aliphatic heterocycles. The number of nitrogens with zero attached hydrogens (tertiary/aromatic N) is 3. The second kappa shape index (κ2) is 5.56. The molecule has 1 heterocycles. The second-order valence-corrected chi connectivity index (χ2v) is 4.64. The summed E-state index contributed by atoms with van der Waals surface area (Å²) in [5.74, 6) is 3.44. The lowest BCUT2D eigenvalue weighted by Crippen LogP contribution is -2.01. The van der Waals surface area contributed by atoms with Crippen LogP contribution in [-0.2, 0) is 5.75 Å². The Kier molecular flexibility index (Phi) is 4.37. The van der Waals surface area contributed by atoms with E-state index in [2.05, 4.69) is 23.8 Å². The predicted octanol–water partition coefficient (Wildman–Crippen LogP) is 1.82. The summed E-state index contributed by atoms with van der Waals surface area (Å²) in [4.78, 5) is 8.14. The molecule has 0 unspecified atom stereocenters. The summed E-state index contributed by atoms with van der Waals surface area (Å²) in [5, 5.41) is 8.64. The quantitative estimate of drug-likeness (QED) is 0.841. The Morgan fingerprint density at radius 3 is 2.87 bits per heavy atom. The lowest BCUT2D eigenvalue weighted by Gasteiger charge is -2.04. The molecule has 0 aliphatic rings. The van der Waals surface area contributed by atoms with Gasteiger partial charge in [-0.05, 0) is 11.7 Å². The molecular formula is C10H14N4S. The van der Waals surface area contributed by atoms with Gasteiger partial charge in [-0.15, -0.1) is 0 Å². The van der Waals surface area contributed by atoms with Gasteiger partial charge in [0.15, 0.2) is 0 Å². The van der Waals surface area contributed by atoms with Crippen molar-refractivity contribution in [3.63, 3.8) is 0 Å². The third kappa shape index (κ3) is 3.76. The Bertz CT molecular complexity index is 370. The fourth-order valence-corrected chi connectivity index (χ4v) is 1.89. The largest absolute Gasteiger partial charge is 0.382 e. The van der Waals surface area contributed by atoms with E-state index in [0.717, 1.165) is 11.5 Å². The maximum absolute atomic E-state index is 8.64. The van der Waals surface area contributed by atoms with E-state index in [-0.39, 0.29) is 5.82 Å². The topological polar surface area (TPSA) is 75.6 Å². The normalized spacial score (nSPS) is 10.3. The summed E-state index contributed by atoms with van der Waals surface area (Å²) in [6.07, 6.45) is 1.48. The van der Waals surface area contributed by atoms with Crippen LogP contribution in [0.15, 0.2) is 6.20 Å². The smallest absolute Gasteiger partial charge is 0.145 e. The molecule has 0 spiro atoms. The first kappa shape index (κ1) is 11.8. The van der Waals surface area contributed by atoms with E-state index >= 15 is 0 Å². The van der Waals surface area contributed by atoms with Crippen LogP contribution >= 0.6 is 11.8 Å². The van der Waals surface area contributed by atoms with Crippen molar-refractivity contribution in [2.24, 2.45) is 5.92 Å². The summed E-state index contributed by atoms with van der Waals surface area (Å²) in [6, 6.07) is 1.94. The molecule has 0 atom stereocenters. The van der Waals surface area contributed by atoms with E-state index in [1.165, 1.54) is 6.20 Å². The van der Waals surface area contributed by atoms with Gasteiger partial charge in [0, 0.05) is 0 Å². The molecule has 1 aromatic heterocycles. The van der Waals surface area contributed by atoms with Gasteiger partial charge in [-0.25, -0.2) is 9.97 Å². The highest BCUT2D eigenvalue weighted by Crippen LogP contribution is 2.14. The van der Waals surface area contributed by atoms with Crippen molar-refractivity contribution < 1.29 is 0 Å². The lowest BCUT2D eigenvalue weighted by atomic mass is 10.3. The zero-order valence-corrected chi connectivity index (χ0v) is 9.71. The Balaban J connectivity index is 2.57. The third-order valence-electron chi connectivity index (χ3n) is 1.67. The van der Waals surface area contributed by atoms with Crippen LogP contribution in [0.3, 0.4) is 0 Å². The van der Waals surface area contributed by atoms with Crippen LogP contribution < -0.4 is 5.73 Å². The maximum Gasteiger partial charge on any atom is 0.145 e. The summed E-state index contributed by atoms with van der Waals surface area (Å²) in [6.45, 7) is 4.34. The van der Waals surface area contributed by atoms with Gasteiger partial charge >= 0.3 is 0 Å². The summed E-state index contributed by atoms with van der Waals surface area (Å²) >= 11 is 1.77. The average molecular weight is 222 g/mol. The van der Waals surface area contributed by atoms with Crippen molar-refractivity contribution in [2.45, 2.75) is 19.6 Å². The van der Waals surface area contributed by atoms with Crippen molar-refractivity contribution in [1.82, 2.24) is 9.97 Å². The third-order valence-corrected chi connectivity index (χ3v) is 3.04. The molecule has 0 saturated heterocycles. The van der Waals surface area contributed by atoms with Gasteiger partial charge in [0.1, 0.15) is 23.3 Å². The molecule has 80 valence electrons. The predicted molar refractivity (Wildman–Crippen MR) is 62.2 cm³/mol. The summed E-state index contributed by atoms with van der Waals surface area (Å²) in [7, 11) is 0. The van der Waals surface area contributed by atoms with Gasteiger partial charge in [0.05, 0.1) is 11.9 Å². The van der Waals surface area contributed by atoms with Crippen LogP contribution in [0.2, 0.25) is 0 Å². The first-order valence-corrected chi connectivity index (χ1v) is 5.88. The van der Waals surface area contributed by atoms with Crippen LogP contribution in [0.25, 0.3) is 0 Å². The van der Waals surface area contributed by atoms with Crippen LogP contribution in [-0.4, -0.2) is 15.7 Å². The number of nitrogens with two attached hydrogens (primary N) is 1. The highest BCUT2D eigenvalue weighted by atomic mass is 32.2. The molecule has 1 rings (SSSR count). The van der Waals surface area contributed by atoms with Gasteiger partial charge in [-0.3, -0.25) is 0 Å². The highest BCUT2D eigenvalue weighted by molar-refractivity contribution is 7.98. The molecule has 0 fully saturated rings. The SMILES string of the molecule is CC(C)CSCc1ncc(C#N)c(N)n1. The number of rotatable bonds is 4. The first-order chi connectivity index (χ1) is 7.13. The molecule has 0 aliphatic carbocycles. The van der Waals surface area contributed by atoms with Crippen molar-refractivity contribution in [3.8, 4) is 6.07 Å². The minimum Gasteiger partial charge on any atom is -0.382 e. The molecule has 0 amide bonds. The summed E-state index contributed by atoms with van der Waals surface area (Å²) < 4.78 is 0. The van der Waals surface area contributed by atoms with Gasteiger partial charge in [0.2, 0.25) is 0 Å². The van der Waals surface area contributed by atoms with E-state index in [1.807, 2.05) is 6.07 Å². The number of hydrogen-bond acceptors (Lipinski definition) is 5. The fraction of sp³-hybridized carbons (Fsp3) is 0.500. The van der Waals surface area contributed by atoms with Crippen LogP contribution in [0.1, 0.15) is 25.2 Å². The van der Waals surface area contributed by atoms with Gasteiger partial charge in [0.25, 0.3) is 0 Å². The first-order valence-electron chi connectivity index (χ1n) is 4.72. The molecule has 0 saturated carbocycles. The Hall–Kier alpha value is -1.28. The zero-order chi connectivity index (χ0) is 11.3. The van der Waals surface area contributed by atoms with E-state index in [9.17, 15) is 0 Å². The van der Waals surface area contributed by atoms with Crippen LogP contribution in [0, 0.1) is 17.2 Å². The molecule has 1 aromatic rings. The van der Waals surface area contributed by atoms with Crippen molar-refractivity contribution in [2.75, 3.05) is 11.5 Å². The monoisotopic (exact) mass is 222 g/mol. The van der Waals surface area contributed by atoms with Crippen molar-refractivity contribution in [1.29, 1.82) is 5.26 Å². The average Bonchev–Trinajstić information content (AvgIpc) is 2.17. The Labute approximate surface area is 93.9 Å². The minimum absolute atomic E-state index is 0.271. The van der Waals surface area contributed by atoms with E-state index in [4.69, 9.17) is 11.0 Å². The molecular weight excluding hydrogens is 208 g/mol. The second-order valence-electron chi connectivity index (χ2n) is 3.61. The zero-order valence-electron chi connectivity index (χ0n) is 8.90. The van der Waals surface area contributed by atoms with Gasteiger partial charge in [-0.1, -0.05) is 13.8 Å². The van der Waals surface area contributed by atoms with Crippen molar-refractivity contribution in [3.05, 3.63) is 17.6 Å². The van der Waals surface area contributed by atoms with Gasteiger partial charge < -0.3 is 5.73 Å². The standard InChI is InChI=1S/C10H14N4S/c1-7(2)5-15-6-9-13-4-8(3-11)10(12)14-9/h4,7H,5-6H2,1-2H3,(H2,12,13,14). The molecule has 0 radical (unpaired) electrons. The number of anilines is 1. The van der Waals surface area contributed by atoms with Gasteiger partial charge in [-0.2, -0.15) is 17.0 Å².